The Labute approximate surface area is 181 Å². The second-order valence-corrected chi connectivity index (χ2v) is 8.06. The van der Waals surface area contributed by atoms with E-state index in [4.69, 9.17) is 4.74 Å². The van der Waals surface area contributed by atoms with E-state index in [0.29, 0.717) is 41.7 Å². The second kappa shape index (κ2) is 10.2. The molecule has 1 aromatic heterocycles. The van der Waals surface area contributed by atoms with E-state index >= 15 is 0 Å². The van der Waals surface area contributed by atoms with Crippen molar-refractivity contribution in [2.45, 2.75) is 40.2 Å². The van der Waals surface area contributed by atoms with Gasteiger partial charge in [0.15, 0.2) is 5.13 Å². The minimum atomic E-state index is -0.398. The van der Waals surface area contributed by atoms with Crippen LogP contribution in [0, 0.1) is 13.8 Å². The van der Waals surface area contributed by atoms with E-state index in [9.17, 15) is 9.59 Å². The van der Waals surface area contributed by atoms with Crippen LogP contribution in [0.15, 0.2) is 54.6 Å². The highest BCUT2D eigenvalue weighted by Gasteiger charge is 2.24. The number of carbonyl (C=O) groups is 2. The molecule has 0 aliphatic carbocycles. The fraction of sp³-hybridized carbons (Fsp3) is 0.292. The average molecular weight is 423 g/mol. The van der Waals surface area contributed by atoms with Crippen LogP contribution in [0.25, 0.3) is 0 Å². The molecule has 0 atom stereocenters. The minimum Gasteiger partial charge on any atom is -0.462 e. The molecule has 0 aliphatic rings. The first kappa shape index (κ1) is 21.7. The first-order valence-corrected chi connectivity index (χ1v) is 10.8. The van der Waals surface area contributed by atoms with Crippen molar-refractivity contribution in [1.29, 1.82) is 0 Å². The van der Waals surface area contributed by atoms with Crippen LogP contribution in [0.5, 0.6) is 0 Å². The molecule has 2 aromatic carbocycles. The van der Waals surface area contributed by atoms with E-state index in [1.165, 1.54) is 16.9 Å². The quantitative estimate of drug-likeness (QED) is 0.474. The lowest BCUT2D eigenvalue weighted by Gasteiger charge is -2.20. The summed E-state index contributed by atoms with van der Waals surface area (Å²) in [4.78, 5) is 32.0. The number of aromatic nitrogens is 1. The monoisotopic (exact) mass is 422 g/mol. The third kappa shape index (κ3) is 5.54. The number of amides is 1. The largest absolute Gasteiger partial charge is 0.462 e. The summed E-state index contributed by atoms with van der Waals surface area (Å²) in [5.74, 6) is -0.422. The minimum absolute atomic E-state index is 0.0245. The molecule has 156 valence electrons. The van der Waals surface area contributed by atoms with Gasteiger partial charge in [-0.2, -0.15) is 0 Å². The Morgan fingerprint density at radius 3 is 2.37 bits per heavy atom. The standard InChI is InChI=1S/C24H26N2O3S/c1-4-29-23(28)22-18(3)25-24(30-22)26(16-20-8-6-5-7-9-20)21(27)15-14-19-12-10-17(2)11-13-19/h5-13H,4,14-16H2,1-3H3. The van der Waals surface area contributed by atoms with E-state index in [1.54, 1.807) is 18.7 Å². The number of benzene rings is 2. The van der Waals surface area contributed by atoms with Gasteiger partial charge in [-0.1, -0.05) is 71.5 Å². The Morgan fingerprint density at radius 1 is 1.00 bits per heavy atom. The molecule has 0 aliphatic heterocycles. The molecule has 0 spiro atoms. The van der Waals surface area contributed by atoms with Crippen molar-refractivity contribution in [3.63, 3.8) is 0 Å². The Balaban J connectivity index is 1.83. The Hall–Kier alpha value is -2.99. The van der Waals surface area contributed by atoms with Gasteiger partial charge in [-0.25, -0.2) is 9.78 Å². The van der Waals surface area contributed by atoms with Gasteiger partial charge < -0.3 is 4.74 Å². The van der Waals surface area contributed by atoms with Crippen molar-refractivity contribution in [3.8, 4) is 0 Å². The Morgan fingerprint density at radius 2 is 1.70 bits per heavy atom. The second-order valence-electron chi connectivity index (χ2n) is 7.08. The molecule has 0 saturated carbocycles. The van der Waals surface area contributed by atoms with E-state index in [1.807, 2.05) is 37.3 Å². The maximum Gasteiger partial charge on any atom is 0.350 e. The normalized spacial score (nSPS) is 10.6. The molecule has 1 amide bonds. The lowest BCUT2D eigenvalue weighted by Crippen LogP contribution is -2.30. The van der Waals surface area contributed by atoms with Crippen molar-refractivity contribution in [3.05, 3.63) is 81.9 Å². The van der Waals surface area contributed by atoms with Crippen LogP contribution in [0.4, 0.5) is 5.13 Å². The zero-order valence-corrected chi connectivity index (χ0v) is 18.4. The lowest BCUT2D eigenvalue weighted by molar-refractivity contribution is -0.118. The summed E-state index contributed by atoms with van der Waals surface area (Å²) < 4.78 is 5.12. The van der Waals surface area contributed by atoms with Gasteiger partial charge in [-0.3, -0.25) is 9.69 Å². The number of anilines is 1. The molecule has 5 nitrogen and oxygen atoms in total. The van der Waals surface area contributed by atoms with Gasteiger partial charge in [0, 0.05) is 6.42 Å². The van der Waals surface area contributed by atoms with Gasteiger partial charge >= 0.3 is 5.97 Å². The third-order valence-electron chi connectivity index (χ3n) is 4.71. The SMILES string of the molecule is CCOC(=O)c1sc(N(Cc2ccccc2)C(=O)CCc2ccc(C)cc2)nc1C. The predicted octanol–water partition coefficient (Wildman–Crippen LogP) is 5.10. The maximum atomic E-state index is 13.2. The van der Waals surface area contributed by atoms with Crippen LogP contribution >= 0.6 is 11.3 Å². The molecule has 30 heavy (non-hydrogen) atoms. The summed E-state index contributed by atoms with van der Waals surface area (Å²) in [6, 6.07) is 18.0. The predicted molar refractivity (Wildman–Crippen MR) is 120 cm³/mol. The van der Waals surface area contributed by atoms with Crippen LogP contribution in [-0.2, 0) is 22.5 Å². The molecule has 3 aromatic rings. The smallest absolute Gasteiger partial charge is 0.350 e. The van der Waals surface area contributed by atoms with Crippen molar-refractivity contribution >= 4 is 28.3 Å². The van der Waals surface area contributed by atoms with Crippen molar-refractivity contribution in [2.75, 3.05) is 11.5 Å². The Kier molecular flexibility index (Phi) is 7.36. The first-order chi connectivity index (χ1) is 14.5. The molecule has 1 heterocycles. The van der Waals surface area contributed by atoms with Gasteiger partial charge in [-0.15, -0.1) is 0 Å². The van der Waals surface area contributed by atoms with E-state index in [0.717, 1.165) is 11.1 Å². The maximum absolute atomic E-state index is 13.2. The fourth-order valence-corrected chi connectivity index (χ4v) is 4.03. The van der Waals surface area contributed by atoms with Gasteiger partial charge in [0.1, 0.15) is 4.88 Å². The molecule has 3 rings (SSSR count). The topological polar surface area (TPSA) is 59.5 Å². The highest BCUT2D eigenvalue weighted by molar-refractivity contribution is 7.17. The summed E-state index contributed by atoms with van der Waals surface area (Å²) >= 11 is 1.21. The van der Waals surface area contributed by atoms with E-state index in [-0.39, 0.29) is 5.91 Å². The summed E-state index contributed by atoms with van der Waals surface area (Å²) in [7, 11) is 0. The van der Waals surface area contributed by atoms with Gasteiger partial charge in [0.05, 0.1) is 18.8 Å². The third-order valence-corrected chi connectivity index (χ3v) is 5.87. The first-order valence-electron chi connectivity index (χ1n) is 10.0. The molecule has 0 fully saturated rings. The number of rotatable bonds is 8. The van der Waals surface area contributed by atoms with Crippen LogP contribution in [-0.4, -0.2) is 23.5 Å². The highest BCUT2D eigenvalue weighted by atomic mass is 32.1. The van der Waals surface area contributed by atoms with Crippen LogP contribution in [0.2, 0.25) is 0 Å². The van der Waals surface area contributed by atoms with Gasteiger partial charge in [-0.05, 0) is 38.3 Å². The van der Waals surface area contributed by atoms with Crippen LogP contribution in [0.3, 0.4) is 0 Å². The number of esters is 1. The van der Waals surface area contributed by atoms with E-state index < -0.39 is 5.97 Å². The number of thiazole rings is 1. The fourth-order valence-electron chi connectivity index (χ4n) is 3.05. The average Bonchev–Trinajstić information content (AvgIpc) is 3.13. The number of carbonyl (C=O) groups excluding carboxylic acids is 2. The zero-order valence-electron chi connectivity index (χ0n) is 17.6. The molecule has 0 unspecified atom stereocenters. The molecular weight excluding hydrogens is 396 g/mol. The molecule has 0 N–H and O–H groups in total. The molecular formula is C24H26N2O3S. The van der Waals surface area contributed by atoms with Crippen molar-refractivity contribution in [1.82, 2.24) is 4.98 Å². The zero-order chi connectivity index (χ0) is 21.5. The van der Waals surface area contributed by atoms with Crippen LogP contribution in [0.1, 0.15) is 45.4 Å². The summed E-state index contributed by atoms with van der Waals surface area (Å²) in [6.07, 6.45) is 1.02. The van der Waals surface area contributed by atoms with Crippen molar-refractivity contribution < 1.29 is 14.3 Å². The number of nitrogens with zero attached hydrogens (tertiary/aromatic N) is 2. The number of hydrogen-bond acceptors (Lipinski definition) is 5. The number of ether oxygens (including phenoxy) is 1. The van der Waals surface area contributed by atoms with Crippen molar-refractivity contribution in [2.24, 2.45) is 0 Å². The van der Waals surface area contributed by atoms with E-state index in [2.05, 4.69) is 29.2 Å². The molecule has 6 heteroatoms. The number of aryl methyl sites for hydroxylation is 3. The van der Waals surface area contributed by atoms with Gasteiger partial charge in [0.25, 0.3) is 0 Å². The summed E-state index contributed by atoms with van der Waals surface area (Å²) in [5.41, 5.74) is 3.90. The molecule has 0 bridgehead atoms. The Bertz CT molecular complexity index is 997. The van der Waals surface area contributed by atoms with Gasteiger partial charge in [0.2, 0.25) is 5.91 Å². The highest BCUT2D eigenvalue weighted by Crippen LogP contribution is 2.29. The van der Waals surface area contributed by atoms with Crippen LogP contribution < -0.4 is 4.90 Å². The lowest BCUT2D eigenvalue weighted by atomic mass is 10.1. The number of hydrogen-bond donors (Lipinski definition) is 0. The molecule has 0 saturated heterocycles. The summed E-state index contributed by atoms with van der Waals surface area (Å²) in [6.45, 7) is 6.29. The molecule has 0 radical (unpaired) electrons. The summed E-state index contributed by atoms with van der Waals surface area (Å²) in [5, 5.41) is 0.522.